The van der Waals surface area contributed by atoms with Gasteiger partial charge in [-0.2, -0.15) is 0 Å². The summed E-state index contributed by atoms with van der Waals surface area (Å²) in [5, 5.41) is 7.57. The Morgan fingerprint density at radius 1 is 1.26 bits per heavy atom. The number of nitrogen functional groups attached to an aromatic ring is 1. The van der Waals surface area contributed by atoms with Crippen molar-refractivity contribution in [3.05, 3.63) is 59.4 Å². The number of nitrogens with one attached hydrogen (secondary N) is 1. The predicted octanol–water partition coefficient (Wildman–Crippen LogP) is 2.31. The lowest BCUT2D eigenvalue weighted by atomic mass is 10.1. The van der Waals surface area contributed by atoms with Crippen LogP contribution in [0.1, 0.15) is 16.8 Å². The molecule has 0 saturated carbocycles. The number of amidine groups is 1. The van der Waals surface area contributed by atoms with E-state index < -0.39 is 0 Å². The van der Waals surface area contributed by atoms with Crippen LogP contribution in [0.3, 0.4) is 0 Å². The van der Waals surface area contributed by atoms with Crippen LogP contribution in [0.25, 0.3) is 0 Å². The highest BCUT2D eigenvalue weighted by atomic mass is 15.1. The molecule has 98 valence electrons. The van der Waals surface area contributed by atoms with Crippen LogP contribution in [-0.2, 0) is 6.54 Å². The quantitative estimate of drug-likeness (QED) is 0.650. The van der Waals surface area contributed by atoms with Gasteiger partial charge in [0.25, 0.3) is 0 Å². The van der Waals surface area contributed by atoms with Gasteiger partial charge < -0.3 is 10.6 Å². The third-order valence-electron chi connectivity index (χ3n) is 2.99. The van der Waals surface area contributed by atoms with Gasteiger partial charge in [0.2, 0.25) is 0 Å². The maximum absolute atomic E-state index is 7.57. The molecule has 4 nitrogen and oxygen atoms in total. The molecule has 0 radical (unpaired) electrons. The number of anilines is 1. The lowest BCUT2D eigenvalue weighted by Crippen LogP contribution is -2.23. The maximum Gasteiger partial charge on any atom is 0.143 e. The number of aryl methyl sites for hydroxylation is 1. The molecule has 0 spiro atoms. The van der Waals surface area contributed by atoms with E-state index in [1.165, 1.54) is 11.1 Å². The minimum absolute atomic E-state index is 0.00800. The Morgan fingerprint density at radius 2 is 1.95 bits per heavy atom. The van der Waals surface area contributed by atoms with E-state index in [1.54, 1.807) is 6.20 Å². The molecule has 0 unspecified atom stereocenters. The van der Waals surface area contributed by atoms with Gasteiger partial charge >= 0.3 is 0 Å². The molecule has 1 aromatic carbocycles. The first-order valence-corrected chi connectivity index (χ1v) is 6.14. The zero-order chi connectivity index (χ0) is 13.8. The van der Waals surface area contributed by atoms with Gasteiger partial charge in [-0.3, -0.25) is 10.4 Å². The van der Waals surface area contributed by atoms with Crippen molar-refractivity contribution in [2.45, 2.75) is 13.5 Å². The zero-order valence-electron chi connectivity index (χ0n) is 11.2. The summed E-state index contributed by atoms with van der Waals surface area (Å²) in [6, 6.07) is 12.2. The Kier molecular flexibility index (Phi) is 3.80. The van der Waals surface area contributed by atoms with Gasteiger partial charge in [0.1, 0.15) is 11.5 Å². The summed E-state index contributed by atoms with van der Waals surface area (Å²) in [7, 11) is 1.98. The zero-order valence-corrected chi connectivity index (χ0v) is 11.2. The maximum atomic E-state index is 7.57. The molecular weight excluding hydrogens is 236 g/mol. The summed E-state index contributed by atoms with van der Waals surface area (Å²) in [5.41, 5.74) is 9.42. The molecule has 0 aliphatic carbocycles. The fourth-order valence-electron chi connectivity index (χ4n) is 1.96. The van der Waals surface area contributed by atoms with Crippen LogP contribution in [0, 0.1) is 12.3 Å². The van der Waals surface area contributed by atoms with Crippen molar-refractivity contribution in [3.63, 3.8) is 0 Å². The third kappa shape index (κ3) is 3.10. The molecule has 4 heteroatoms. The highest BCUT2D eigenvalue weighted by molar-refractivity contribution is 5.98. The van der Waals surface area contributed by atoms with E-state index in [9.17, 15) is 0 Å². The number of benzene rings is 1. The van der Waals surface area contributed by atoms with Crippen LogP contribution in [0.5, 0.6) is 0 Å². The van der Waals surface area contributed by atoms with Gasteiger partial charge in [-0.05, 0) is 24.6 Å². The van der Waals surface area contributed by atoms with E-state index in [4.69, 9.17) is 11.1 Å². The van der Waals surface area contributed by atoms with Crippen molar-refractivity contribution >= 4 is 11.5 Å². The molecule has 1 heterocycles. The van der Waals surface area contributed by atoms with Crippen molar-refractivity contribution in [1.29, 1.82) is 5.41 Å². The van der Waals surface area contributed by atoms with E-state index >= 15 is 0 Å². The molecule has 2 aromatic rings. The summed E-state index contributed by atoms with van der Waals surface area (Å²) in [5.74, 6) is -0.00800. The summed E-state index contributed by atoms with van der Waals surface area (Å²) in [6.07, 6.45) is 1.65. The van der Waals surface area contributed by atoms with Crippen molar-refractivity contribution in [3.8, 4) is 0 Å². The summed E-state index contributed by atoms with van der Waals surface area (Å²) >= 11 is 0. The largest absolute Gasteiger partial charge is 0.382 e. The van der Waals surface area contributed by atoms with E-state index in [0.717, 1.165) is 12.2 Å². The first-order chi connectivity index (χ1) is 9.08. The smallest absolute Gasteiger partial charge is 0.143 e. The number of hydrogen-bond acceptors (Lipinski definition) is 3. The molecule has 3 N–H and O–H groups in total. The summed E-state index contributed by atoms with van der Waals surface area (Å²) in [4.78, 5) is 6.21. The highest BCUT2D eigenvalue weighted by Crippen LogP contribution is 2.18. The Balaban J connectivity index is 2.22. The summed E-state index contributed by atoms with van der Waals surface area (Å²) in [6.45, 7) is 2.83. The van der Waals surface area contributed by atoms with E-state index in [1.807, 2.05) is 19.2 Å². The third-order valence-corrected chi connectivity index (χ3v) is 2.99. The van der Waals surface area contributed by atoms with Crippen LogP contribution < -0.4 is 10.6 Å². The highest BCUT2D eigenvalue weighted by Gasteiger charge is 2.10. The molecule has 19 heavy (non-hydrogen) atoms. The molecule has 1 aromatic heterocycles. The molecule has 0 amide bonds. The number of pyridine rings is 1. The summed E-state index contributed by atoms with van der Waals surface area (Å²) < 4.78 is 0. The van der Waals surface area contributed by atoms with Crippen molar-refractivity contribution in [2.24, 2.45) is 5.73 Å². The molecule has 2 rings (SSSR count). The predicted molar refractivity (Wildman–Crippen MR) is 78.5 cm³/mol. The minimum Gasteiger partial charge on any atom is -0.382 e. The van der Waals surface area contributed by atoms with Gasteiger partial charge in [-0.25, -0.2) is 0 Å². The number of nitrogens with zero attached hydrogens (tertiary/aromatic N) is 2. The molecule has 0 atom stereocenters. The van der Waals surface area contributed by atoms with Gasteiger partial charge in [-0.1, -0.05) is 29.8 Å². The van der Waals surface area contributed by atoms with Crippen molar-refractivity contribution in [2.75, 3.05) is 11.9 Å². The average Bonchev–Trinajstić information content (AvgIpc) is 2.41. The Bertz CT molecular complexity index is 575. The van der Waals surface area contributed by atoms with E-state index in [0.29, 0.717) is 5.69 Å². The number of rotatable bonds is 4. The first-order valence-electron chi connectivity index (χ1n) is 6.14. The molecule has 0 fully saturated rings. The monoisotopic (exact) mass is 254 g/mol. The van der Waals surface area contributed by atoms with Gasteiger partial charge in [0.15, 0.2) is 0 Å². The Morgan fingerprint density at radius 3 is 2.58 bits per heavy atom. The fraction of sp³-hybridized carbons (Fsp3) is 0.200. The van der Waals surface area contributed by atoms with Gasteiger partial charge in [-0.15, -0.1) is 0 Å². The van der Waals surface area contributed by atoms with E-state index in [-0.39, 0.29) is 5.84 Å². The topological polar surface area (TPSA) is 66.0 Å². The minimum atomic E-state index is -0.00800. The van der Waals surface area contributed by atoms with Crippen LogP contribution >= 0.6 is 0 Å². The normalized spacial score (nSPS) is 10.2. The van der Waals surface area contributed by atoms with Gasteiger partial charge in [0, 0.05) is 19.8 Å². The van der Waals surface area contributed by atoms with Crippen molar-refractivity contribution in [1.82, 2.24) is 4.98 Å². The van der Waals surface area contributed by atoms with E-state index in [2.05, 4.69) is 41.1 Å². The van der Waals surface area contributed by atoms with Crippen LogP contribution in [0.15, 0.2) is 42.6 Å². The fourth-order valence-corrected chi connectivity index (χ4v) is 1.96. The molecule has 0 saturated heterocycles. The van der Waals surface area contributed by atoms with Crippen LogP contribution in [-0.4, -0.2) is 17.9 Å². The number of nitrogens with two attached hydrogens (primary N) is 1. The molecule has 0 aliphatic rings. The van der Waals surface area contributed by atoms with Crippen LogP contribution in [0.2, 0.25) is 0 Å². The van der Waals surface area contributed by atoms with Crippen LogP contribution in [0.4, 0.5) is 5.69 Å². The second-order valence-electron chi connectivity index (χ2n) is 4.63. The number of hydrogen-bond donors (Lipinski definition) is 2. The second kappa shape index (κ2) is 5.52. The average molecular weight is 254 g/mol. The number of aromatic nitrogens is 1. The Labute approximate surface area is 113 Å². The molecule has 0 bridgehead atoms. The lowest BCUT2D eigenvalue weighted by molar-refractivity contribution is 0.914. The van der Waals surface area contributed by atoms with Crippen molar-refractivity contribution < 1.29 is 0 Å². The standard InChI is InChI=1S/C15H18N4/c1-11-5-7-12(8-6-11)10-19(2)13-4-3-9-18-14(13)15(16)17/h3-9H,10H2,1-2H3,(H3,16,17). The first kappa shape index (κ1) is 13.1. The SMILES string of the molecule is Cc1ccc(CN(C)c2cccnc2C(=N)N)cc1. The lowest BCUT2D eigenvalue weighted by Gasteiger charge is -2.21. The second-order valence-corrected chi connectivity index (χ2v) is 4.63. The molecule has 0 aliphatic heterocycles. The molecular formula is C15H18N4. The Hall–Kier alpha value is -2.36. The van der Waals surface area contributed by atoms with Gasteiger partial charge in [0.05, 0.1) is 5.69 Å².